The molecule has 1 aromatic heterocycles. The molecule has 0 aliphatic heterocycles. The Kier molecular flexibility index (Phi) is 4.68. The van der Waals surface area contributed by atoms with E-state index >= 15 is 0 Å². The first kappa shape index (κ1) is 14.0. The number of pyridine rings is 1. The largest absolute Gasteiger partial charge is 0.487 e. The highest BCUT2D eigenvalue weighted by Gasteiger charge is 2.05. The number of carbonyl (C=O) groups is 1. The van der Waals surface area contributed by atoms with Gasteiger partial charge in [-0.25, -0.2) is 5.48 Å². The SMILES string of the molecule is CONC(=O)c1cccc(COc2ccc(C)nc2)c1. The number of benzene rings is 1. The lowest BCUT2D eigenvalue weighted by Gasteiger charge is -2.08. The van der Waals surface area contributed by atoms with E-state index in [2.05, 4.69) is 15.3 Å². The van der Waals surface area contributed by atoms with Crippen LogP contribution >= 0.6 is 0 Å². The van der Waals surface area contributed by atoms with E-state index in [-0.39, 0.29) is 5.91 Å². The van der Waals surface area contributed by atoms with Crippen molar-refractivity contribution in [1.29, 1.82) is 0 Å². The minimum absolute atomic E-state index is 0.286. The number of aryl methyl sites for hydroxylation is 1. The quantitative estimate of drug-likeness (QED) is 0.848. The molecule has 0 saturated carbocycles. The zero-order chi connectivity index (χ0) is 14.4. The molecule has 1 amide bonds. The van der Waals surface area contributed by atoms with Crippen molar-refractivity contribution in [3.8, 4) is 5.75 Å². The number of amides is 1. The van der Waals surface area contributed by atoms with Gasteiger partial charge in [-0.05, 0) is 36.8 Å². The number of hydrogen-bond donors (Lipinski definition) is 1. The van der Waals surface area contributed by atoms with Crippen LogP contribution in [0.15, 0.2) is 42.6 Å². The van der Waals surface area contributed by atoms with E-state index in [0.717, 1.165) is 11.3 Å². The van der Waals surface area contributed by atoms with Crippen molar-refractivity contribution in [1.82, 2.24) is 10.5 Å². The van der Waals surface area contributed by atoms with Crippen LogP contribution in [0.2, 0.25) is 0 Å². The predicted molar refractivity (Wildman–Crippen MR) is 74.2 cm³/mol. The summed E-state index contributed by atoms with van der Waals surface area (Å²) in [5.74, 6) is 0.411. The Morgan fingerprint density at radius 3 is 2.85 bits per heavy atom. The molecule has 0 bridgehead atoms. The van der Waals surface area contributed by atoms with Crippen LogP contribution in [0, 0.1) is 6.92 Å². The summed E-state index contributed by atoms with van der Waals surface area (Å²) in [6.45, 7) is 2.29. The molecule has 0 saturated heterocycles. The Bertz CT molecular complexity index is 582. The molecule has 5 heteroatoms. The maximum absolute atomic E-state index is 11.6. The smallest absolute Gasteiger partial charge is 0.274 e. The molecule has 2 aromatic rings. The molecule has 1 N–H and O–H groups in total. The summed E-state index contributed by atoms with van der Waals surface area (Å²) in [6, 6.07) is 10.9. The maximum Gasteiger partial charge on any atom is 0.274 e. The van der Waals surface area contributed by atoms with Crippen LogP contribution in [-0.4, -0.2) is 18.0 Å². The van der Waals surface area contributed by atoms with Gasteiger partial charge in [0.25, 0.3) is 5.91 Å². The first-order chi connectivity index (χ1) is 9.69. The van der Waals surface area contributed by atoms with Crippen LogP contribution in [0.25, 0.3) is 0 Å². The lowest BCUT2D eigenvalue weighted by molar-refractivity contribution is 0.0537. The van der Waals surface area contributed by atoms with E-state index in [1.54, 1.807) is 24.4 Å². The number of ether oxygens (including phenoxy) is 1. The summed E-state index contributed by atoms with van der Waals surface area (Å²) in [6.07, 6.45) is 1.68. The van der Waals surface area contributed by atoms with Crippen molar-refractivity contribution >= 4 is 5.91 Å². The summed E-state index contributed by atoms with van der Waals surface area (Å²) in [5.41, 5.74) is 4.64. The van der Waals surface area contributed by atoms with Crippen molar-refractivity contribution in [2.75, 3.05) is 7.11 Å². The molecule has 1 heterocycles. The Morgan fingerprint density at radius 2 is 2.15 bits per heavy atom. The summed E-state index contributed by atoms with van der Waals surface area (Å²) in [4.78, 5) is 20.4. The van der Waals surface area contributed by atoms with Gasteiger partial charge in [-0.15, -0.1) is 0 Å². The van der Waals surface area contributed by atoms with Gasteiger partial charge in [-0.1, -0.05) is 12.1 Å². The van der Waals surface area contributed by atoms with Crippen LogP contribution in [0.4, 0.5) is 0 Å². The second kappa shape index (κ2) is 6.68. The van der Waals surface area contributed by atoms with Gasteiger partial charge in [-0.3, -0.25) is 14.6 Å². The van der Waals surface area contributed by atoms with Gasteiger partial charge in [-0.2, -0.15) is 0 Å². The number of rotatable bonds is 5. The summed E-state index contributed by atoms with van der Waals surface area (Å²) < 4.78 is 5.62. The minimum atomic E-state index is -0.286. The third kappa shape index (κ3) is 3.80. The number of nitrogens with zero attached hydrogens (tertiary/aromatic N) is 1. The molecule has 0 aliphatic carbocycles. The molecule has 0 fully saturated rings. The Hall–Kier alpha value is -2.40. The van der Waals surface area contributed by atoms with E-state index in [4.69, 9.17) is 4.74 Å². The van der Waals surface area contributed by atoms with Crippen LogP contribution in [0.3, 0.4) is 0 Å². The molecule has 20 heavy (non-hydrogen) atoms. The zero-order valence-electron chi connectivity index (χ0n) is 11.4. The topological polar surface area (TPSA) is 60.5 Å². The summed E-state index contributed by atoms with van der Waals surface area (Å²) in [5, 5.41) is 0. The molecule has 0 aliphatic rings. The van der Waals surface area contributed by atoms with Crippen molar-refractivity contribution in [3.05, 3.63) is 59.4 Å². The lowest BCUT2D eigenvalue weighted by Crippen LogP contribution is -2.21. The average Bonchev–Trinajstić information content (AvgIpc) is 2.47. The third-order valence-corrected chi connectivity index (χ3v) is 2.67. The van der Waals surface area contributed by atoms with Crippen LogP contribution in [0.1, 0.15) is 21.6 Å². The highest BCUT2D eigenvalue weighted by atomic mass is 16.6. The van der Waals surface area contributed by atoms with Crippen molar-refractivity contribution in [3.63, 3.8) is 0 Å². The Labute approximate surface area is 117 Å². The molecule has 0 unspecified atom stereocenters. The average molecular weight is 272 g/mol. The highest BCUT2D eigenvalue weighted by molar-refractivity contribution is 5.93. The van der Waals surface area contributed by atoms with Crippen LogP contribution in [-0.2, 0) is 11.4 Å². The third-order valence-electron chi connectivity index (χ3n) is 2.67. The molecule has 104 valence electrons. The minimum Gasteiger partial charge on any atom is -0.487 e. The summed E-state index contributed by atoms with van der Waals surface area (Å²) >= 11 is 0. The molecule has 5 nitrogen and oxygen atoms in total. The van der Waals surface area contributed by atoms with E-state index in [1.165, 1.54) is 7.11 Å². The van der Waals surface area contributed by atoms with Crippen LogP contribution in [0.5, 0.6) is 5.75 Å². The van der Waals surface area contributed by atoms with Gasteiger partial charge in [0.1, 0.15) is 12.4 Å². The number of nitrogens with one attached hydrogen (secondary N) is 1. The molecule has 0 atom stereocenters. The first-order valence-corrected chi connectivity index (χ1v) is 6.17. The molecular formula is C15H16N2O3. The van der Waals surface area contributed by atoms with E-state index in [0.29, 0.717) is 17.9 Å². The lowest BCUT2D eigenvalue weighted by atomic mass is 10.1. The van der Waals surface area contributed by atoms with Gasteiger partial charge >= 0.3 is 0 Å². The van der Waals surface area contributed by atoms with Gasteiger partial charge in [0.05, 0.1) is 13.3 Å². The second-order valence-corrected chi connectivity index (χ2v) is 4.26. The fourth-order valence-corrected chi connectivity index (χ4v) is 1.66. The van der Waals surface area contributed by atoms with Gasteiger partial charge in [0.15, 0.2) is 0 Å². The highest BCUT2D eigenvalue weighted by Crippen LogP contribution is 2.12. The van der Waals surface area contributed by atoms with E-state index < -0.39 is 0 Å². The number of hydrogen-bond acceptors (Lipinski definition) is 4. The zero-order valence-corrected chi connectivity index (χ0v) is 11.4. The Morgan fingerprint density at radius 1 is 1.30 bits per heavy atom. The molecule has 1 aromatic carbocycles. The van der Waals surface area contributed by atoms with Crippen molar-refractivity contribution in [2.24, 2.45) is 0 Å². The van der Waals surface area contributed by atoms with Gasteiger partial charge < -0.3 is 4.74 Å². The standard InChI is InChI=1S/C15H16N2O3/c1-11-6-7-14(9-16-11)20-10-12-4-3-5-13(8-12)15(18)17-19-2/h3-9H,10H2,1-2H3,(H,17,18). The normalized spacial score (nSPS) is 10.1. The fraction of sp³-hybridized carbons (Fsp3) is 0.200. The second-order valence-electron chi connectivity index (χ2n) is 4.26. The molecular weight excluding hydrogens is 256 g/mol. The van der Waals surface area contributed by atoms with E-state index in [9.17, 15) is 4.79 Å². The fourth-order valence-electron chi connectivity index (χ4n) is 1.66. The van der Waals surface area contributed by atoms with Crippen molar-refractivity contribution in [2.45, 2.75) is 13.5 Å². The number of hydroxylamine groups is 1. The first-order valence-electron chi connectivity index (χ1n) is 6.17. The molecule has 2 rings (SSSR count). The maximum atomic E-state index is 11.6. The van der Waals surface area contributed by atoms with Crippen LogP contribution < -0.4 is 10.2 Å². The van der Waals surface area contributed by atoms with Gasteiger partial charge in [0.2, 0.25) is 0 Å². The monoisotopic (exact) mass is 272 g/mol. The van der Waals surface area contributed by atoms with Gasteiger partial charge in [0, 0.05) is 11.3 Å². The molecule has 0 spiro atoms. The number of carbonyl (C=O) groups excluding carboxylic acids is 1. The predicted octanol–water partition coefficient (Wildman–Crippen LogP) is 2.26. The summed E-state index contributed by atoms with van der Waals surface area (Å²) in [7, 11) is 1.40. The van der Waals surface area contributed by atoms with Crippen molar-refractivity contribution < 1.29 is 14.4 Å². The Balaban J connectivity index is 2.01. The molecule has 0 radical (unpaired) electrons. The van der Waals surface area contributed by atoms with E-state index in [1.807, 2.05) is 25.1 Å². The number of aromatic nitrogens is 1.